The number of carbonyl (C=O) groups excluding carboxylic acids is 4. The molecule has 1 spiro atoms. The molecule has 2 atom stereocenters. The highest BCUT2D eigenvalue weighted by atomic mass is 16.3. The quantitative estimate of drug-likeness (QED) is 0.545. The van der Waals surface area contributed by atoms with E-state index >= 15 is 0 Å². The largest absolute Gasteiger partial charge is 0.505 e. The summed E-state index contributed by atoms with van der Waals surface area (Å²) in [7, 11) is 0. The summed E-state index contributed by atoms with van der Waals surface area (Å²) < 4.78 is 0. The average molecular weight is 486 g/mol. The molecule has 4 heterocycles. The SMILES string of the molecule is CC(=O)N1CC[C@H]2NC(=O)CNC(=O)C3(CCCC[C@H]2C1)CCN(C(=O)c1ncccc1O)CC3. The number of hydrogen-bond acceptors (Lipinski definition) is 6. The van der Waals surface area contributed by atoms with Gasteiger partial charge in [-0.25, -0.2) is 4.98 Å². The number of hydrogen-bond donors (Lipinski definition) is 3. The summed E-state index contributed by atoms with van der Waals surface area (Å²) in [6.07, 6.45) is 6.51. The Morgan fingerprint density at radius 1 is 1.09 bits per heavy atom. The number of pyridine rings is 1. The summed E-state index contributed by atoms with van der Waals surface area (Å²) in [4.78, 5) is 58.1. The Hall–Kier alpha value is -3.17. The second-order valence-electron chi connectivity index (χ2n) is 10.1. The number of aromatic nitrogens is 1. The molecule has 0 unspecified atom stereocenters. The Balaban J connectivity index is 1.42. The van der Waals surface area contributed by atoms with Crippen LogP contribution in [0.4, 0.5) is 0 Å². The van der Waals surface area contributed by atoms with Crippen LogP contribution in [0.3, 0.4) is 0 Å². The van der Waals surface area contributed by atoms with E-state index in [1.54, 1.807) is 17.9 Å². The van der Waals surface area contributed by atoms with Gasteiger partial charge in [0, 0.05) is 45.3 Å². The van der Waals surface area contributed by atoms with E-state index in [1.807, 2.05) is 4.90 Å². The minimum absolute atomic E-state index is 0.0145. The lowest BCUT2D eigenvalue weighted by molar-refractivity contribution is -0.137. The predicted molar refractivity (Wildman–Crippen MR) is 127 cm³/mol. The van der Waals surface area contributed by atoms with Crippen molar-refractivity contribution in [3.63, 3.8) is 0 Å². The monoisotopic (exact) mass is 485 g/mol. The van der Waals surface area contributed by atoms with Gasteiger partial charge < -0.3 is 25.5 Å². The van der Waals surface area contributed by atoms with E-state index in [9.17, 15) is 24.3 Å². The fourth-order valence-electron chi connectivity index (χ4n) is 5.72. The van der Waals surface area contributed by atoms with Crippen molar-refractivity contribution in [2.24, 2.45) is 11.3 Å². The van der Waals surface area contributed by atoms with E-state index in [2.05, 4.69) is 15.6 Å². The Morgan fingerprint density at radius 3 is 2.57 bits per heavy atom. The first kappa shape index (κ1) is 24.9. The average Bonchev–Trinajstić information content (AvgIpc) is 2.85. The zero-order valence-electron chi connectivity index (χ0n) is 20.3. The Bertz CT molecular complexity index is 975. The number of nitrogens with zero attached hydrogens (tertiary/aromatic N) is 3. The van der Waals surface area contributed by atoms with Gasteiger partial charge in [-0.15, -0.1) is 0 Å². The van der Waals surface area contributed by atoms with Gasteiger partial charge in [0.25, 0.3) is 5.91 Å². The maximum atomic E-state index is 13.3. The Kier molecular flexibility index (Phi) is 7.57. The minimum atomic E-state index is -0.639. The minimum Gasteiger partial charge on any atom is -0.505 e. The van der Waals surface area contributed by atoms with Crippen LogP contribution in [-0.4, -0.2) is 82.3 Å². The van der Waals surface area contributed by atoms with Gasteiger partial charge in [0.15, 0.2) is 5.69 Å². The number of nitrogens with one attached hydrogen (secondary N) is 2. The van der Waals surface area contributed by atoms with Crippen molar-refractivity contribution >= 4 is 23.6 Å². The highest BCUT2D eigenvalue weighted by molar-refractivity contribution is 5.95. The Morgan fingerprint density at radius 2 is 1.86 bits per heavy atom. The van der Waals surface area contributed by atoms with E-state index < -0.39 is 5.41 Å². The molecule has 10 nitrogen and oxygen atoms in total. The topological polar surface area (TPSA) is 132 Å². The van der Waals surface area contributed by atoms with Crippen molar-refractivity contribution in [3.8, 4) is 5.75 Å². The molecule has 3 fully saturated rings. The van der Waals surface area contributed by atoms with Crippen LogP contribution in [0.15, 0.2) is 18.3 Å². The molecular formula is C25H35N5O5. The van der Waals surface area contributed by atoms with E-state index in [0.29, 0.717) is 45.4 Å². The van der Waals surface area contributed by atoms with Gasteiger partial charge in [-0.1, -0.05) is 12.8 Å². The molecule has 3 saturated heterocycles. The van der Waals surface area contributed by atoms with Gasteiger partial charge in [0.1, 0.15) is 5.75 Å². The van der Waals surface area contributed by atoms with E-state index in [4.69, 9.17) is 0 Å². The standard InChI is InChI=1S/C25H35N5O5/c1-17(31)30-12-7-19-18(16-30)5-2-3-8-25(24(35)27-15-21(33)28-19)9-13-29(14-10-25)23(34)22-20(32)6-4-11-26-22/h4,6,11,18-19,32H,2-3,5,7-10,12-16H2,1H3,(H,27,35)(H,28,33)/t18-,19+/m0/s1. The predicted octanol–water partition coefficient (Wildman–Crippen LogP) is 1.05. The molecule has 4 rings (SSSR count). The highest BCUT2D eigenvalue weighted by Gasteiger charge is 2.43. The molecule has 3 N–H and O–H groups in total. The van der Waals surface area contributed by atoms with Crippen LogP contribution >= 0.6 is 0 Å². The van der Waals surface area contributed by atoms with E-state index in [0.717, 1.165) is 25.7 Å². The third-order valence-corrected chi connectivity index (χ3v) is 7.89. The van der Waals surface area contributed by atoms with Gasteiger partial charge in [-0.05, 0) is 50.2 Å². The first-order chi connectivity index (χ1) is 16.8. The lowest BCUT2D eigenvalue weighted by Crippen LogP contribution is -2.55. The lowest BCUT2D eigenvalue weighted by atomic mass is 9.73. The van der Waals surface area contributed by atoms with Crippen molar-refractivity contribution in [3.05, 3.63) is 24.0 Å². The second-order valence-corrected chi connectivity index (χ2v) is 10.1. The van der Waals surface area contributed by atoms with Crippen LogP contribution in [0, 0.1) is 11.3 Å². The van der Waals surface area contributed by atoms with Crippen LogP contribution in [0.5, 0.6) is 5.75 Å². The zero-order valence-corrected chi connectivity index (χ0v) is 20.3. The van der Waals surface area contributed by atoms with Crippen LogP contribution in [-0.2, 0) is 14.4 Å². The molecule has 4 amide bonds. The summed E-state index contributed by atoms with van der Waals surface area (Å²) in [5, 5.41) is 15.9. The summed E-state index contributed by atoms with van der Waals surface area (Å²) in [5.41, 5.74) is -0.621. The molecule has 0 bridgehead atoms. The van der Waals surface area contributed by atoms with Gasteiger partial charge >= 0.3 is 0 Å². The van der Waals surface area contributed by atoms with Crippen molar-refractivity contribution in [1.82, 2.24) is 25.4 Å². The Labute approximate surface area is 205 Å². The molecule has 10 heteroatoms. The van der Waals surface area contributed by atoms with Gasteiger partial charge in [-0.2, -0.15) is 0 Å². The van der Waals surface area contributed by atoms with Crippen molar-refractivity contribution < 1.29 is 24.3 Å². The molecule has 0 radical (unpaired) electrons. The van der Waals surface area contributed by atoms with Crippen molar-refractivity contribution in [2.45, 2.75) is 57.9 Å². The maximum absolute atomic E-state index is 13.3. The summed E-state index contributed by atoms with van der Waals surface area (Å²) in [6.45, 7) is 3.55. The smallest absolute Gasteiger partial charge is 0.276 e. The fourth-order valence-corrected chi connectivity index (χ4v) is 5.72. The molecule has 3 aliphatic heterocycles. The molecule has 3 aliphatic rings. The van der Waals surface area contributed by atoms with E-state index in [1.165, 1.54) is 12.3 Å². The molecular weight excluding hydrogens is 450 g/mol. The second kappa shape index (κ2) is 10.6. The van der Waals surface area contributed by atoms with E-state index in [-0.39, 0.29) is 53.6 Å². The van der Waals surface area contributed by atoms with Crippen LogP contribution in [0.2, 0.25) is 0 Å². The number of piperidine rings is 2. The number of aromatic hydroxyl groups is 1. The molecule has 0 aromatic carbocycles. The normalized spacial score (nSPS) is 25.5. The molecule has 35 heavy (non-hydrogen) atoms. The number of fused-ring (bicyclic) bond motifs is 1. The van der Waals surface area contributed by atoms with Crippen LogP contribution < -0.4 is 10.6 Å². The molecule has 1 aromatic heterocycles. The molecule has 1 aromatic rings. The first-order valence-corrected chi connectivity index (χ1v) is 12.6. The first-order valence-electron chi connectivity index (χ1n) is 12.6. The number of amides is 4. The highest BCUT2D eigenvalue weighted by Crippen LogP contribution is 2.38. The van der Waals surface area contributed by atoms with Gasteiger partial charge in [0.2, 0.25) is 17.7 Å². The molecule has 0 saturated carbocycles. The van der Waals surface area contributed by atoms with Crippen LogP contribution in [0.1, 0.15) is 62.4 Å². The van der Waals surface area contributed by atoms with Crippen molar-refractivity contribution in [2.75, 3.05) is 32.7 Å². The van der Waals surface area contributed by atoms with Crippen LogP contribution in [0.25, 0.3) is 0 Å². The summed E-state index contributed by atoms with van der Waals surface area (Å²) in [6, 6.07) is 3.01. The summed E-state index contributed by atoms with van der Waals surface area (Å²) in [5.74, 6) is -0.579. The van der Waals surface area contributed by atoms with Crippen molar-refractivity contribution in [1.29, 1.82) is 0 Å². The maximum Gasteiger partial charge on any atom is 0.276 e. The lowest BCUT2D eigenvalue weighted by Gasteiger charge is -2.42. The summed E-state index contributed by atoms with van der Waals surface area (Å²) >= 11 is 0. The third-order valence-electron chi connectivity index (χ3n) is 7.89. The number of carbonyl (C=O) groups is 4. The molecule has 0 aliphatic carbocycles. The van der Waals surface area contributed by atoms with Gasteiger partial charge in [0.05, 0.1) is 12.0 Å². The number of rotatable bonds is 1. The molecule has 190 valence electrons. The van der Waals surface area contributed by atoms with Gasteiger partial charge in [-0.3, -0.25) is 19.2 Å². The fraction of sp³-hybridized carbons (Fsp3) is 0.640. The zero-order chi connectivity index (χ0) is 25.0. The third kappa shape index (κ3) is 5.57. The number of likely N-dealkylation sites (tertiary alicyclic amines) is 2.